The molecule has 0 aliphatic rings. The van der Waals surface area contributed by atoms with Crippen LogP contribution in [0.15, 0.2) is 24.3 Å². The molecule has 0 fully saturated rings. The van der Waals surface area contributed by atoms with Crippen molar-refractivity contribution in [3.8, 4) is 0 Å². The number of alkyl halides is 3. The van der Waals surface area contributed by atoms with E-state index in [9.17, 15) is 13.2 Å². The molecule has 0 aliphatic heterocycles. The second-order valence-electron chi connectivity index (χ2n) is 3.58. The summed E-state index contributed by atoms with van der Waals surface area (Å²) in [6, 6.07) is 6.91. The van der Waals surface area contributed by atoms with E-state index in [4.69, 9.17) is 17.3 Å². The Labute approximate surface area is 103 Å². The molecule has 0 saturated heterocycles. The smallest absolute Gasteiger partial charge is 0.371 e. The Morgan fingerprint density at radius 3 is 2.47 bits per heavy atom. The first-order valence-corrected chi connectivity index (χ1v) is 5.41. The second kappa shape index (κ2) is 6.23. The summed E-state index contributed by atoms with van der Waals surface area (Å²) in [5, 5.41) is 0.485. The number of rotatable bonds is 5. The van der Waals surface area contributed by atoms with Crippen molar-refractivity contribution in [2.45, 2.75) is 12.1 Å². The van der Waals surface area contributed by atoms with Gasteiger partial charge in [-0.15, -0.1) is 0 Å². The van der Waals surface area contributed by atoms with Gasteiger partial charge in [0.05, 0.1) is 6.61 Å². The predicted molar refractivity (Wildman–Crippen MR) is 60.1 cm³/mol. The predicted octanol–water partition coefficient (Wildman–Crippen LogP) is 2.96. The average molecular weight is 268 g/mol. The fraction of sp³-hybridized carbons (Fsp3) is 0.455. The van der Waals surface area contributed by atoms with Gasteiger partial charge in [-0.3, -0.25) is 0 Å². The topological polar surface area (TPSA) is 35.2 Å². The molecule has 1 unspecified atom stereocenters. The number of benzene rings is 1. The third kappa shape index (κ3) is 4.93. The maximum Gasteiger partial charge on any atom is 0.411 e. The highest BCUT2D eigenvalue weighted by atomic mass is 35.5. The summed E-state index contributed by atoms with van der Waals surface area (Å²) in [6.07, 6.45) is -4.32. The zero-order valence-electron chi connectivity index (χ0n) is 9.01. The van der Waals surface area contributed by atoms with E-state index in [-0.39, 0.29) is 19.1 Å². The molecule has 0 aromatic heterocycles. The maximum absolute atomic E-state index is 11.9. The molecular formula is C11H13ClF3NO. The van der Waals surface area contributed by atoms with Crippen LogP contribution >= 0.6 is 11.6 Å². The lowest BCUT2D eigenvalue weighted by Crippen LogP contribution is -2.23. The van der Waals surface area contributed by atoms with Crippen LogP contribution in [0.2, 0.25) is 5.02 Å². The van der Waals surface area contributed by atoms with Crippen LogP contribution in [-0.4, -0.2) is 25.9 Å². The summed E-state index contributed by atoms with van der Waals surface area (Å²) in [5.41, 5.74) is 6.21. The van der Waals surface area contributed by atoms with Crippen LogP contribution < -0.4 is 5.73 Å². The highest BCUT2D eigenvalue weighted by molar-refractivity contribution is 6.31. The first-order valence-electron chi connectivity index (χ1n) is 5.03. The number of ether oxygens (including phenoxy) is 1. The zero-order chi connectivity index (χ0) is 12.9. The summed E-state index contributed by atoms with van der Waals surface area (Å²) in [5.74, 6) is -0.328. The molecule has 0 bridgehead atoms. The van der Waals surface area contributed by atoms with Crippen LogP contribution in [0.5, 0.6) is 0 Å². The summed E-state index contributed by atoms with van der Waals surface area (Å²) < 4.78 is 40.3. The van der Waals surface area contributed by atoms with Gasteiger partial charge >= 0.3 is 6.18 Å². The van der Waals surface area contributed by atoms with Crippen LogP contribution in [0.4, 0.5) is 13.2 Å². The van der Waals surface area contributed by atoms with Crippen molar-refractivity contribution < 1.29 is 17.9 Å². The van der Waals surface area contributed by atoms with Gasteiger partial charge in [-0.05, 0) is 11.6 Å². The largest absolute Gasteiger partial charge is 0.411 e. The van der Waals surface area contributed by atoms with E-state index in [0.29, 0.717) is 10.6 Å². The minimum Gasteiger partial charge on any atom is -0.371 e. The molecule has 0 radical (unpaired) electrons. The standard InChI is InChI=1S/C11H13ClF3NO/c12-10-4-2-1-3-9(10)8(5-16)6-17-7-11(13,14)15/h1-4,8H,5-7,16H2. The third-order valence-corrected chi connectivity index (χ3v) is 2.56. The highest BCUT2D eigenvalue weighted by Gasteiger charge is 2.28. The van der Waals surface area contributed by atoms with Crippen molar-refractivity contribution in [1.29, 1.82) is 0 Å². The minimum atomic E-state index is -4.32. The lowest BCUT2D eigenvalue weighted by Gasteiger charge is -2.17. The minimum absolute atomic E-state index is 0.0975. The summed E-state index contributed by atoms with van der Waals surface area (Å²) >= 11 is 5.93. The zero-order valence-corrected chi connectivity index (χ0v) is 9.76. The van der Waals surface area contributed by atoms with Gasteiger partial charge in [0.1, 0.15) is 6.61 Å². The van der Waals surface area contributed by atoms with Crippen molar-refractivity contribution in [1.82, 2.24) is 0 Å². The molecule has 0 aliphatic carbocycles. The summed E-state index contributed by atoms with van der Waals surface area (Å²) in [6.45, 7) is -1.19. The molecule has 0 saturated carbocycles. The van der Waals surface area contributed by atoms with E-state index in [1.165, 1.54) is 0 Å². The van der Waals surface area contributed by atoms with Crippen LogP contribution in [0.25, 0.3) is 0 Å². The molecule has 1 aromatic rings. The van der Waals surface area contributed by atoms with Gasteiger partial charge in [0.2, 0.25) is 0 Å². The van der Waals surface area contributed by atoms with Crippen LogP contribution in [0.1, 0.15) is 11.5 Å². The van der Waals surface area contributed by atoms with Crippen LogP contribution in [-0.2, 0) is 4.74 Å². The Morgan fingerprint density at radius 1 is 1.29 bits per heavy atom. The molecule has 6 heteroatoms. The third-order valence-electron chi connectivity index (χ3n) is 2.21. The fourth-order valence-electron chi connectivity index (χ4n) is 1.41. The normalized spacial score (nSPS) is 13.7. The van der Waals surface area contributed by atoms with E-state index >= 15 is 0 Å². The van der Waals surface area contributed by atoms with Crippen molar-refractivity contribution >= 4 is 11.6 Å². The Bertz CT molecular complexity index is 357. The molecule has 0 amide bonds. The molecule has 2 N–H and O–H groups in total. The lowest BCUT2D eigenvalue weighted by molar-refractivity contribution is -0.174. The average Bonchev–Trinajstić information content (AvgIpc) is 2.24. The van der Waals surface area contributed by atoms with Crippen molar-refractivity contribution in [3.63, 3.8) is 0 Å². The SMILES string of the molecule is NCC(COCC(F)(F)F)c1ccccc1Cl. The van der Waals surface area contributed by atoms with E-state index in [1.54, 1.807) is 24.3 Å². The summed E-state index contributed by atoms with van der Waals surface area (Å²) in [4.78, 5) is 0. The molecule has 1 aromatic carbocycles. The fourth-order valence-corrected chi connectivity index (χ4v) is 1.70. The quantitative estimate of drug-likeness (QED) is 0.890. The number of hydrogen-bond acceptors (Lipinski definition) is 2. The molecule has 1 rings (SSSR count). The van der Waals surface area contributed by atoms with Gasteiger partial charge in [-0.2, -0.15) is 13.2 Å². The van der Waals surface area contributed by atoms with Gasteiger partial charge in [-0.1, -0.05) is 29.8 Å². The Balaban J connectivity index is 2.58. The molecule has 0 heterocycles. The number of nitrogens with two attached hydrogens (primary N) is 1. The Hall–Kier alpha value is -0.780. The Kier molecular flexibility index (Phi) is 5.24. The Morgan fingerprint density at radius 2 is 1.94 bits per heavy atom. The van der Waals surface area contributed by atoms with Crippen molar-refractivity contribution in [2.75, 3.05) is 19.8 Å². The van der Waals surface area contributed by atoms with Gasteiger partial charge in [0.15, 0.2) is 0 Å². The molecule has 17 heavy (non-hydrogen) atoms. The monoisotopic (exact) mass is 267 g/mol. The van der Waals surface area contributed by atoms with E-state index in [2.05, 4.69) is 4.74 Å². The summed E-state index contributed by atoms with van der Waals surface area (Å²) in [7, 11) is 0. The van der Waals surface area contributed by atoms with Crippen molar-refractivity contribution in [2.24, 2.45) is 5.73 Å². The van der Waals surface area contributed by atoms with Crippen molar-refractivity contribution in [3.05, 3.63) is 34.9 Å². The van der Waals surface area contributed by atoms with E-state index < -0.39 is 12.8 Å². The number of hydrogen-bond donors (Lipinski definition) is 1. The van der Waals surface area contributed by atoms with Crippen LogP contribution in [0, 0.1) is 0 Å². The molecule has 2 nitrogen and oxygen atoms in total. The van der Waals surface area contributed by atoms with Gasteiger partial charge in [0.25, 0.3) is 0 Å². The molecule has 1 atom stereocenters. The lowest BCUT2D eigenvalue weighted by atomic mass is 10.0. The molecule has 0 spiro atoms. The highest BCUT2D eigenvalue weighted by Crippen LogP contribution is 2.24. The molecular weight excluding hydrogens is 255 g/mol. The van der Waals surface area contributed by atoms with E-state index in [1.807, 2.05) is 0 Å². The van der Waals surface area contributed by atoms with Gasteiger partial charge in [-0.25, -0.2) is 0 Å². The second-order valence-corrected chi connectivity index (χ2v) is 3.99. The maximum atomic E-state index is 11.9. The van der Waals surface area contributed by atoms with E-state index in [0.717, 1.165) is 0 Å². The van der Waals surface area contributed by atoms with Crippen LogP contribution in [0.3, 0.4) is 0 Å². The number of halogens is 4. The van der Waals surface area contributed by atoms with Gasteiger partial charge in [0, 0.05) is 17.5 Å². The van der Waals surface area contributed by atoms with Gasteiger partial charge < -0.3 is 10.5 Å². The first kappa shape index (κ1) is 14.3. The first-order chi connectivity index (χ1) is 7.94. The molecule has 96 valence electrons.